The molecular weight excluding hydrogens is 875 g/mol. The first-order chi connectivity index (χ1) is 33.6. The van der Waals surface area contributed by atoms with E-state index in [1.165, 1.54) is 0 Å². The Morgan fingerprint density at radius 2 is 0.594 bits per heavy atom. The van der Waals surface area contributed by atoms with Gasteiger partial charge in [0.1, 0.15) is 11.4 Å². The highest BCUT2D eigenvalue weighted by Gasteiger charge is 2.40. The van der Waals surface area contributed by atoms with Crippen molar-refractivity contribution in [2.75, 3.05) is 0 Å². The van der Waals surface area contributed by atoms with E-state index in [4.69, 9.17) is 0 Å². The van der Waals surface area contributed by atoms with E-state index in [0.717, 1.165) is 62.7 Å². The van der Waals surface area contributed by atoms with Gasteiger partial charge in [-0.05, 0) is 98.6 Å². The third-order valence-corrected chi connectivity index (χ3v) is 13.2. The molecule has 10 aromatic carbocycles. The van der Waals surface area contributed by atoms with Gasteiger partial charge in [-0.25, -0.2) is 13.2 Å². The number of rotatable bonds is 7. The van der Waals surface area contributed by atoms with Crippen LogP contribution in [0.25, 0.3) is 111 Å². The largest absolute Gasteiger partial charge is 0.420 e. The summed E-state index contributed by atoms with van der Waals surface area (Å²) in [6.45, 7) is 0. The Morgan fingerprint density at radius 1 is 0.290 bits per heavy atom. The molecule has 8 heteroatoms. The van der Waals surface area contributed by atoms with Crippen LogP contribution in [0.3, 0.4) is 0 Å². The fraction of sp³-hybridized carbons (Fsp3) is 0.0164. The summed E-state index contributed by atoms with van der Waals surface area (Å²) in [7, 11) is 0. The van der Waals surface area contributed by atoms with Crippen molar-refractivity contribution in [1.82, 2.24) is 9.13 Å². The van der Waals surface area contributed by atoms with Gasteiger partial charge in [0.25, 0.3) is 0 Å². The summed E-state index contributed by atoms with van der Waals surface area (Å²) in [6.07, 6.45) is -5.09. The maximum Gasteiger partial charge on any atom is 0.420 e. The topological polar surface area (TPSA) is 9.86 Å². The molecule has 0 bridgehead atoms. The Labute approximate surface area is 392 Å². The molecule has 0 aliphatic heterocycles. The third-order valence-electron chi connectivity index (χ3n) is 13.2. The van der Waals surface area contributed by atoms with Crippen LogP contribution in [0, 0.1) is 17.5 Å². The second-order valence-corrected chi connectivity index (χ2v) is 17.2. The maximum absolute atomic E-state index is 17.0. The van der Waals surface area contributed by atoms with Crippen molar-refractivity contribution in [2.24, 2.45) is 0 Å². The smallest absolute Gasteiger partial charge is 0.308 e. The molecule has 0 aliphatic carbocycles. The summed E-state index contributed by atoms with van der Waals surface area (Å²) in [5, 5.41) is 2.63. The Balaban J connectivity index is 1.28. The molecule has 2 nitrogen and oxygen atoms in total. The molecule has 69 heavy (non-hydrogen) atoms. The highest BCUT2D eigenvalue weighted by atomic mass is 19.4. The van der Waals surface area contributed by atoms with Gasteiger partial charge in [-0.2, -0.15) is 13.2 Å². The molecule has 0 amide bonds. The van der Waals surface area contributed by atoms with Gasteiger partial charge in [-0.1, -0.05) is 170 Å². The number of benzene rings is 10. The predicted octanol–water partition coefficient (Wildman–Crippen LogP) is 17.7. The summed E-state index contributed by atoms with van der Waals surface area (Å²) < 4.78 is 102. The van der Waals surface area contributed by atoms with E-state index < -0.39 is 46.1 Å². The first-order valence-electron chi connectivity index (χ1n) is 22.4. The monoisotopic (exact) mass is 910 g/mol. The van der Waals surface area contributed by atoms with E-state index >= 15 is 26.3 Å². The van der Waals surface area contributed by atoms with Crippen molar-refractivity contribution < 1.29 is 26.3 Å². The van der Waals surface area contributed by atoms with Crippen LogP contribution in [-0.4, -0.2) is 9.13 Å². The Kier molecular flexibility index (Phi) is 9.88. The number of hydrogen-bond acceptors (Lipinski definition) is 0. The van der Waals surface area contributed by atoms with E-state index in [1.54, 1.807) is 9.13 Å². The minimum atomic E-state index is -5.09. The van der Waals surface area contributed by atoms with E-state index in [0.29, 0.717) is 49.7 Å². The van der Waals surface area contributed by atoms with Crippen LogP contribution in [0.5, 0.6) is 0 Å². The molecule has 0 saturated carbocycles. The highest BCUT2D eigenvalue weighted by molar-refractivity contribution is 6.13. The molecule has 12 rings (SSSR count). The highest BCUT2D eigenvalue weighted by Crippen LogP contribution is 2.48. The van der Waals surface area contributed by atoms with Crippen molar-refractivity contribution >= 4 is 43.6 Å². The number of fused-ring (bicyclic) bond motifs is 6. The molecule has 0 saturated heterocycles. The van der Waals surface area contributed by atoms with Gasteiger partial charge in [0, 0.05) is 21.5 Å². The summed E-state index contributed by atoms with van der Waals surface area (Å²) in [4.78, 5) is 0. The van der Waals surface area contributed by atoms with Gasteiger partial charge in [0.05, 0.1) is 39.0 Å². The van der Waals surface area contributed by atoms with Crippen molar-refractivity contribution in [3.63, 3.8) is 0 Å². The van der Waals surface area contributed by atoms with Crippen LogP contribution >= 0.6 is 0 Å². The summed E-state index contributed by atoms with van der Waals surface area (Å²) in [5.74, 6) is -4.00. The number of alkyl halides is 3. The molecule has 0 radical (unpaired) electrons. The van der Waals surface area contributed by atoms with Crippen LogP contribution < -0.4 is 0 Å². The zero-order chi connectivity index (χ0) is 47.0. The molecule has 2 heterocycles. The molecule has 12 aromatic rings. The van der Waals surface area contributed by atoms with E-state index in [2.05, 4.69) is 0 Å². The molecule has 0 atom stereocenters. The predicted molar refractivity (Wildman–Crippen MR) is 267 cm³/mol. The quantitative estimate of drug-likeness (QED) is 0.111. The van der Waals surface area contributed by atoms with E-state index in [9.17, 15) is 0 Å². The van der Waals surface area contributed by atoms with Crippen molar-refractivity contribution in [3.05, 3.63) is 241 Å². The Morgan fingerprint density at radius 3 is 0.899 bits per heavy atom. The number of nitrogens with zero attached hydrogens (tertiary/aromatic N) is 2. The average Bonchev–Trinajstić information content (AvgIpc) is 3.89. The first-order valence-corrected chi connectivity index (χ1v) is 22.4. The minimum Gasteiger partial charge on any atom is -0.308 e. The van der Waals surface area contributed by atoms with Crippen molar-refractivity contribution in [2.45, 2.75) is 6.18 Å². The zero-order valence-electron chi connectivity index (χ0n) is 36.4. The van der Waals surface area contributed by atoms with Crippen LogP contribution in [0.1, 0.15) is 5.56 Å². The van der Waals surface area contributed by atoms with Crippen molar-refractivity contribution in [3.8, 4) is 67.0 Å². The minimum absolute atomic E-state index is 0.288. The van der Waals surface area contributed by atoms with E-state index in [1.807, 2.05) is 194 Å². The molecule has 332 valence electrons. The lowest BCUT2D eigenvalue weighted by atomic mass is 9.97. The second kappa shape index (κ2) is 16.3. The zero-order valence-corrected chi connectivity index (χ0v) is 36.4. The average molecular weight is 911 g/mol. The second-order valence-electron chi connectivity index (χ2n) is 17.2. The van der Waals surface area contributed by atoms with Crippen LogP contribution in [0.4, 0.5) is 26.3 Å². The SMILES string of the molecule is Fc1ccc(F)c(-c2cc(-n3c4cc(-c5ccccc5)ccc4c4ccc(-c5ccccc5)cc43)c(C(F)(F)F)c(-n3c4cc(-c5ccccc5)ccc4c4ccc(-c5ccccc5)cc43)c2)c1F. The molecule has 0 spiro atoms. The third kappa shape index (κ3) is 7.06. The number of aromatic nitrogens is 2. The summed E-state index contributed by atoms with van der Waals surface area (Å²) in [5.41, 5.74) is 5.06. The van der Waals surface area contributed by atoms with Crippen molar-refractivity contribution in [1.29, 1.82) is 0 Å². The molecule has 2 aromatic heterocycles. The molecule has 0 fully saturated rings. The van der Waals surface area contributed by atoms with Gasteiger partial charge < -0.3 is 9.13 Å². The lowest BCUT2D eigenvalue weighted by molar-refractivity contribution is -0.137. The molecule has 0 aliphatic rings. The first kappa shape index (κ1) is 41.8. The maximum atomic E-state index is 17.0. The molecule has 0 N–H and O–H groups in total. The van der Waals surface area contributed by atoms with Crippen LogP contribution in [0.2, 0.25) is 0 Å². The standard InChI is InChI=1S/C61H36F6N2/c62-50-29-30-51(63)60(64)58(50)45-35-56(68-52-31-41(37-13-5-1-6-14-37)21-25-46(52)47-26-22-42(32-53(47)68)38-15-7-2-8-16-38)59(61(65,66)67)57(36-45)69-54-33-43(39-17-9-3-10-18-39)23-27-48(54)49-28-24-44(34-55(49)69)40-19-11-4-12-20-40/h1-36H. The van der Waals surface area contributed by atoms with Gasteiger partial charge in [0.2, 0.25) is 0 Å². The Bertz CT molecular complexity index is 3530. The van der Waals surface area contributed by atoms with Gasteiger partial charge >= 0.3 is 6.18 Å². The van der Waals surface area contributed by atoms with Gasteiger partial charge in [-0.3, -0.25) is 0 Å². The fourth-order valence-electron chi connectivity index (χ4n) is 9.99. The van der Waals surface area contributed by atoms with Crippen LogP contribution in [0.15, 0.2) is 218 Å². The Hall–Kier alpha value is -8.62. The van der Waals surface area contributed by atoms with Gasteiger partial charge in [-0.15, -0.1) is 0 Å². The number of halogens is 6. The lowest BCUT2D eigenvalue weighted by Crippen LogP contribution is -2.16. The van der Waals surface area contributed by atoms with Crippen LogP contribution in [-0.2, 0) is 6.18 Å². The molecule has 0 unspecified atom stereocenters. The fourth-order valence-corrected chi connectivity index (χ4v) is 9.99. The van der Waals surface area contributed by atoms with Gasteiger partial charge in [0.15, 0.2) is 11.6 Å². The van der Waals surface area contributed by atoms with E-state index in [-0.39, 0.29) is 5.56 Å². The number of hydrogen-bond donors (Lipinski definition) is 0. The summed E-state index contributed by atoms with van der Waals surface area (Å²) in [6, 6.07) is 64.5. The summed E-state index contributed by atoms with van der Waals surface area (Å²) >= 11 is 0. The lowest BCUT2D eigenvalue weighted by Gasteiger charge is -2.23. The normalized spacial score (nSPS) is 11.9. The molecular formula is C61H36F6N2.